The van der Waals surface area contributed by atoms with Gasteiger partial charge in [-0.05, 0) is 38.6 Å². The van der Waals surface area contributed by atoms with E-state index in [0.717, 1.165) is 12.1 Å². The van der Waals surface area contributed by atoms with Crippen molar-refractivity contribution in [1.29, 1.82) is 0 Å². The van der Waals surface area contributed by atoms with Gasteiger partial charge < -0.3 is 10.2 Å². The molecule has 1 rings (SSSR count). The van der Waals surface area contributed by atoms with Gasteiger partial charge in [0, 0.05) is 17.6 Å². The summed E-state index contributed by atoms with van der Waals surface area (Å²) in [7, 11) is 2.00. The molecule has 0 aliphatic carbocycles. The maximum atomic E-state index is 9.30. The fourth-order valence-corrected chi connectivity index (χ4v) is 1.44. The van der Waals surface area contributed by atoms with E-state index in [-0.39, 0.29) is 18.8 Å². The quantitative estimate of drug-likeness (QED) is 0.787. The van der Waals surface area contributed by atoms with Crippen LogP contribution in [-0.2, 0) is 6.54 Å². The maximum Gasteiger partial charge on any atom is 0.104 e. The molecule has 1 aromatic rings. The summed E-state index contributed by atoms with van der Waals surface area (Å²) in [5.74, 6) is 5.48. The van der Waals surface area contributed by atoms with E-state index in [1.807, 2.05) is 45.2 Å². The second kappa shape index (κ2) is 6.55. The monoisotopic (exact) mass is 247 g/mol. The first-order valence-electron chi connectivity index (χ1n) is 6.00. The molecule has 0 aliphatic rings. The Balaban J connectivity index is 2.69. The lowest BCUT2D eigenvalue weighted by atomic mass is 10.0. The van der Waals surface area contributed by atoms with E-state index in [1.54, 1.807) is 0 Å². The van der Waals surface area contributed by atoms with Crippen LogP contribution in [0.25, 0.3) is 0 Å². The van der Waals surface area contributed by atoms with Gasteiger partial charge in [0.1, 0.15) is 6.61 Å². The smallest absolute Gasteiger partial charge is 0.104 e. The standard InChI is InChI=1S/C15H21NO2/c1-15(2,12-18)16(3)11-14-8-6-13(7-9-14)5-4-10-17/h6-9,17-18H,10-12H2,1-3H3. The van der Waals surface area contributed by atoms with Crippen LogP contribution in [0.2, 0.25) is 0 Å². The minimum atomic E-state index is -0.227. The Kier molecular flexibility index (Phi) is 5.36. The zero-order chi connectivity index (χ0) is 13.6. The van der Waals surface area contributed by atoms with Crippen molar-refractivity contribution in [3.05, 3.63) is 35.4 Å². The van der Waals surface area contributed by atoms with Gasteiger partial charge in [-0.3, -0.25) is 4.90 Å². The third-order valence-corrected chi connectivity index (χ3v) is 3.11. The summed E-state index contributed by atoms with van der Waals surface area (Å²) in [6, 6.07) is 7.92. The van der Waals surface area contributed by atoms with E-state index >= 15 is 0 Å². The van der Waals surface area contributed by atoms with Crippen LogP contribution in [0.3, 0.4) is 0 Å². The van der Waals surface area contributed by atoms with Gasteiger partial charge in [-0.25, -0.2) is 0 Å². The maximum absolute atomic E-state index is 9.30. The number of rotatable bonds is 4. The SMILES string of the molecule is CN(Cc1ccc(C#CCO)cc1)C(C)(C)CO. The summed E-state index contributed by atoms with van der Waals surface area (Å²) < 4.78 is 0. The van der Waals surface area contributed by atoms with Crippen molar-refractivity contribution in [2.24, 2.45) is 0 Å². The van der Waals surface area contributed by atoms with Gasteiger partial charge in [-0.15, -0.1) is 0 Å². The highest BCUT2D eigenvalue weighted by atomic mass is 16.3. The normalized spacial score (nSPS) is 11.2. The molecule has 0 spiro atoms. The van der Waals surface area contributed by atoms with Crippen LogP contribution in [-0.4, -0.2) is 40.9 Å². The van der Waals surface area contributed by atoms with Gasteiger partial charge in [0.05, 0.1) is 6.61 Å². The van der Waals surface area contributed by atoms with E-state index in [9.17, 15) is 5.11 Å². The van der Waals surface area contributed by atoms with Crippen LogP contribution >= 0.6 is 0 Å². The summed E-state index contributed by atoms with van der Waals surface area (Å²) in [5.41, 5.74) is 1.85. The van der Waals surface area contributed by atoms with Crippen molar-refractivity contribution >= 4 is 0 Å². The third kappa shape index (κ3) is 4.15. The summed E-state index contributed by atoms with van der Waals surface area (Å²) in [6.07, 6.45) is 0. The molecule has 0 saturated carbocycles. The Hall–Kier alpha value is -1.34. The molecule has 3 nitrogen and oxygen atoms in total. The topological polar surface area (TPSA) is 43.7 Å². The zero-order valence-electron chi connectivity index (χ0n) is 11.3. The molecule has 98 valence electrons. The first kappa shape index (κ1) is 14.7. The summed E-state index contributed by atoms with van der Waals surface area (Å²) in [5, 5.41) is 17.9. The first-order valence-corrected chi connectivity index (χ1v) is 6.00. The minimum absolute atomic E-state index is 0.116. The fourth-order valence-electron chi connectivity index (χ4n) is 1.44. The van der Waals surface area contributed by atoms with Crippen LogP contribution in [0.1, 0.15) is 25.0 Å². The molecule has 0 amide bonds. The molecule has 0 unspecified atom stereocenters. The molecule has 0 heterocycles. The summed E-state index contributed by atoms with van der Waals surface area (Å²) in [4.78, 5) is 2.11. The average molecular weight is 247 g/mol. The molecule has 2 N–H and O–H groups in total. The molecule has 0 aliphatic heterocycles. The predicted molar refractivity (Wildman–Crippen MR) is 73.0 cm³/mol. The van der Waals surface area contributed by atoms with E-state index in [1.165, 1.54) is 5.56 Å². The van der Waals surface area contributed by atoms with Crippen molar-refractivity contribution < 1.29 is 10.2 Å². The molecule has 0 aromatic heterocycles. The second-order valence-electron chi connectivity index (χ2n) is 4.98. The number of hydrogen-bond acceptors (Lipinski definition) is 3. The van der Waals surface area contributed by atoms with Gasteiger partial charge in [0.2, 0.25) is 0 Å². The number of aliphatic hydroxyl groups excluding tert-OH is 2. The molecule has 0 radical (unpaired) electrons. The number of hydrogen-bond donors (Lipinski definition) is 2. The van der Waals surface area contributed by atoms with E-state index < -0.39 is 0 Å². The lowest BCUT2D eigenvalue weighted by Crippen LogP contribution is -2.43. The molecular formula is C15H21NO2. The van der Waals surface area contributed by atoms with Crippen molar-refractivity contribution in [2.75, 3.05) is 20.3 Å². The Morgan fingerprint density at radius 2 is 1.78 bits per heavy atom. The van der Waals surface area contributed by atoms with Crippen molar-refractivity contribution in [3.8, 4) is 11.8 Å². The van der Waals surface area contributed by atoms with E-state index in [0.29, 0.717) is 0 Å². The second-order valence-corrected chi connectivity index (χ2v) is 4.98. The Morgan fingerprint density at radius 1 is 1.17 bits per heavy atom. The van der Waals surface area contributed by atoms with E-state index in [2.05, 4.69) is 16.7 Å². The third-order valence-electron chi connectivity index (χ3n) is 3.11. The van der Waals surface area contributed by atoms with Crippen molar-refractivity contribution in [1.82, 2.24) is 4.90 Å². The number of aliphatic hydroxyl groups is 2. The first-order chi connectivity index (χ1) is 8.49. The Morgan fingerprint density at radius 3 is 2.28 bits per heavy atom. The Bertz CT molecular complexity index is 426. The van der Waals surface area contributed by atoms with Crippen molar-refractivity contribution in [3.63, 3.8) is 0 Å². The van der Waals surface area contributed by atoms with Crippen LogP contribution in [0.5, 0.6) is 0 Å². The number of nitrogens with zero attached hydrogens (tertiary/aromatic N) is 1. The highest BCUT2D eigenvalue weighted by Gasteiger charge is 2.22. The van der Waals surface area contributed by atoms with Gasteiger partial charge in [-0.2, -0.15) is 0 Å². The van der Waals surface area contributed by atoms with E-state index in [4.69, 9.17) is 5.11 Å². The fraction of sp³-hybridized carbons (Fsp3) is 0.467. The van der Waals surface area contributed by atoms with Crippen LogP contribution in [0.4, 0.5) is 0 Å². The van der Waals surface area contributed by atoms with Crippen LogP contribution in [0, 0.1) is 11.8 Å². The highest BCUT2D eigenvalue weighted by molar-refractivity contribution is 5.36. The number of benzene rings is 1. The minimum Gasteiger partial charge on any atom is -0.394 e. The van der Waals surface area contributed by atoms with Gasteiger partial charge in [-0.1, -0.05) is 24.0 Å². The average Bonchev–Trinajstić information content (AvgIpc) is 2.37. The van der Waals surface area contributed by atoms with Gasteiger partial charge in [0.15, 0.2) is 0 Å². The molecule has 0 bridgehead atoms. The largest absolute Gasteiger partial charge is 0.394 e. The summed E-state index contributed by atoms with van der Waals surface area (Å²) >= 11 is 0. The molecule has 1 aromatic carbocycles. The van der Waals surface area contributed by atoms with Crippen molar-refractivity contribution in [2.45, 2.75) is 25.9 Å². The molecule has 0 saturated heterocycles. The Labute approximate surface area is 109 Å². The molecule has 18 heavy (non-hydrogen) atoms. The van der Waals surface area contributed by atoms with Crippen LogP contribution < -0.4 is 0 Å². The molecule has 3 heteroatoms. The van der Waals surface area contributed by atoms with Gasteiger partial charge in [0.25, 0.3) is 0 Å². The molecular weight excluding hydrogens is 226 g/mol. The lowest BCUT2D eigenvalue weighted by molar-refractivity contribution is 0.0734. The van der Waals surface area contributed by atoms with Crippen LogP contribution in [0.15, 0.2) is 24.3 Å². The molecule has 0 atom stereocenters. The zero-order valence-corrected chi connectivity index (χ0v) is 11.3. The lowest BCUT2D eigenvalue weighted by Gasteiger charge is -2.33. The predicted octanol–water partition coefficient (Wildman–Crippen LogP) is 1.23. The summed E-state index contributed by atoms with van der Waals surface area (Å²) in [6.45, 7) is 4.81. The molecule has 0 fully saturated rings. The highest BCUT2D eigenvalue weighted by Crippen LogP contribution is 2.15. The number of likely N-dealkylation sites (N-methyl/N-ethyl adjacent to an activating group) is 1. The van der Waals surface area contributed by atoms with Gasteiger partial charge >= 0.3 is 0 Å².